The van der Waals surface area contributed by atoms with E-state index >= 15 is 0 Å². The average Bonchev–Trinajstić information content (AvgIpc) is 2.67. The molecule has 2 aromatic rings. The third-order valence-electron chi connectivity index (χ3n) is 4.30. The van der Waals surface area contributed by atoms with Crippen molar-refractivity contribution in [1.82, 2.24) is 0 Å². The minimum Gasteiger partial charge on any atom is -0.325 e. The molecule has 10 heteroatoms. The Hall–Kier alpha value is -2.10. The number of carbonyl (C=O) groups excluding carboxylic acids is 2. The SMILES string of the molecule is CC[C@H]1Sc2ccc(S(=O)(=O)CCC(=O)Nc3ccc(F)cc3Cl)cc2NC1=O. The van der Waals surface area contributed by atoms with Crippen LogP contribution in [-0.2, 0) is 19.4 Å². The van der Waals surface area contributed by atoms with Gasteiger partial charge in [0.25, 0.3) is 0 Å². The van der Waals surface area contributed by atoms with E-state index < -0.39 is 27.3 Å². The van der Waals surface area contributed by atoms with Gasteiger partial charge < -0.3 is 10.6 Å². The van der Waals surface area contributed by atoms with Gasteiger partial charge in [-0.15, -0.1) is 11.8 Å². The molecule has 3 rings (SSSR count). The standard InChI is InChI=1S/C19H18ClFN2O4S2/c1-2-16-19(25)23-15-10-12(4-6-17(15)28-16)29(26,27)8-7-18(24)22-14-5-3-11(21)9-13(14)20/h3-6,9-10,16H,2,7-8H2,1H3,(H,22,24)(H,23,25)/t16-/m1/s1. The largest absolute Gasteiger partial charge is 0.325 e. The molecule has 1 aliphatic heterocycles. The van der Waals surface area contributed by atoms with Crippen LogP contribution in [0.25, 0.3) is 0 Å². The Balaban J connectivity index is 1.67. The zero-order valence-corrected chi connectivity index (χ0v) is 17.8. The highest BCUT2D eigenvalue weighted by Gasteiger charge is 2.27. The molecule has 0 unspecified atom stereocenters. The summed E-state index contributed by atoms with van der Waals surface area (Å²) in [5, 5.41) is 5.02. The minimum absolute atomic E-state index is 0.0227. The molecule has 6 nitrogen and oxygen atoms in total. The van der Waals surface area contributed by atoms with E-state index in [1.54, 1.807) is 6.07 Å². The maximum Gasteiger partial charge on any atom is 0.237 e. The highest BCUT2D eigenvalue weighted by molar-refractivity contribution is 8.01. The molecule has 1 atom stereocenters. The van der Waals surface area contributed by atoms with Gasteiger partial charge >= 0.3 is 0 Å². The molecular formula is C19H18ClFN2O4S2. The fraction of sp³-hybridized carbons (Fsp3) is 0.263. The molecule has 0 aliphatic carbocycles. The van der Waals surface area contributed by atoms with Crippen molar-refractivity contribution < 1.29 is 22.4 Å². The van der Waals surface area contributed by atoms with Crippen molar-refractivity contribution in [2.75, 3.05) is 16.4 Å². The summed E-state index contributed by atoms with van der Waals surface area (Å²) in [4.78, 5) is 24.9. The summed E-state index contributed by atoms with van der Waals surface area (Å²) in [6.45, 7) is 1.91. The maximum absolute atomic E-state index is 13.1. The number of halogens is 2. The van der Waals surface area contributed by atoms with Crippen LogP contribution in [0.1, 0.15) is 19.8 Å². The fourth-order valence-corrected chi connectivity index (χ4v) is 5.24. The smallest absolute Gasteiger partial charge is 0.237 e. The number of benzene rings is 2. The average molecular weight is 457 g/mol. The third kappa shape index (κ3) is 5.09. The quantitative estimate of drug-likeness (QED) is 0.682. The summed E-state index contributed by atoms with van der Waals surface area (Å²) in [6.07, 6.45) is 0.370. The van der Waals surface area contributed by atoms with Crippen molar-refractivity contribution in [3.63, 3.8) is 0 Å². The highest BCUT2D eigenvalue weighted by Crippen LogP contribution is 2.38. The summed E-state index contributed by atoms with van der Waals surface area (Å²) in [7, 11) is -3.75. The van der Waals surface area contributed by atoms with Crippen LogP contribution in [0.5, 0.6) is 0 Å². The lowest BCUT2D eigenvalue weighted by molar-refractivity contribution is -0.116. The summed E-state index contributed by atoms with van der Waals surface area (Å²) in [6, 6.07) is 8.04. The Kier molecular flexibility index (Phi) is 6.50. The van der Waals surface area contributed by atoms with Gasteiger partial charge in [-0.25, -0.2) is 12.8 Å². The van der Waals surface area contributed by atoms with E-state index in [0.717, 1.165) is 17.0 Å². The molecule has 0 bridgehead atoms. The molecule has 0 saturated heterocycles. The number of carbonyl (C=O) groups is 2. The molecule has 1 heterocycles. The van der Waals surface area contributed by atoms with E-state index in [0.29, 0.717) is 12.1 Å². The number of sulfone groups is 1. The molecule has 154 valence electrons. The summed E-state index contributed by atoms with van der Waals surface area (Å²) in [5.41, 5.74) is 0.655. The van der Waals surface area contributed by atoms with Crippen LogP contribution in [0.2, 0.25) is 5.02 Å². The van der Waals surface area contributed by atoms with Crippen molar-refractivity contribution in [3.05, 3.63) is 47.2 Å². The fourth-order valence-electron chi connectivity index (χ4n) is 2.74. The minimum atomic E-state index is -3.75. The Bertz CT molecular complexity index is 1080. The van der Waals surface area contributed by atoms with Crippen molar-refractivity contribution in [2.45, 2.75) is 34.8 Å². The number of fused-ring (bicyclic) bond motifs is 1. The second-order valence-electron chi connectivity index (χ2n) is 6.40. The predicted octanol–water partition coefficient (Wildman–Crippen LogP) is 4.10. The van der Waals surface area contributed by atoms with Crippen LogP contribution in [0.4, 0.5) is 15.8 Å². The topological polar surface area (TPSA) is 92.3 Å². The Morgan fingerprint density at radius 1 is 1.28 bits per heavy atom. The van der Waals surface area contributed by atoms with E-state index in [2.05, 4.69) is 10.6 Å². The van der Waals surface area contributed by atoms with Gasteiger partial charge in [0.2, 0.25) is 11.8 Å². The zero-order valence-electron chi connectivity index (χ0n) is 15.4. The molecule has 0 spiro atoms. The molecular weight excluding hydrogens is 439 g/mol. The highest BCUT2D eigenvalue weighted by atomic mass is 35.5. The summed E-state index contributed by atoms with van der Waals surface area (Å²) in [5.74, 6) is -1.68. The number of anilines is 2. The van der Waals surface area contributed by atoms with Gasteiger partial charge in [-0.05, 0) is 42.8 Å². The molecule has 29 heavy (non-hydrogen) atoms. The Labute approximate surface area is 177 Å². The van der Waals surface area contributed by atoms with Gasteiger partial charge in [0.15, 0.2) is 9.84 Å². The first-order valence-electron chi connectivity index (χ1n) is 8.79. The number of rotatable bonds is 6. The molecule has 2 amide bonds. The second-order valence-corrected chi connectivity index (χ2v) is 10.2. The van der Waals surface area contributed by atoms with E-state index in [4.69, 9.17) is 11.6 Å². The molecule has 0 aromatic heterocycles. The van der Waals surface area contributed by atoms with E-state index in [9.17, 15) is 22.4 Å². The lowest BCUT2D eigenvalue weighted by atomic mass is 10.2. The molecule has 0 fully saturated rings. The van der Waals surface area contributed by atoms with Crippen LogP contribution in [0, 0.1) is 5.82 Å². The van der Waals surface area contributed by atoms with Crippen LogP contribution in [0.3, 0.4) is 0 Å². The van der Waals surface area contributed by atoms with E-state index in [-0.39, 0.29) is 33.2 Å². The third-order valence-corrected chi connectivity index (χ3v) is 7.77. The lowest BCUT2D eigenvalue weighted by Gasteiger charge is -2.23. The van der Waals surface area contributed by atoms with Gasteiger partial charge in [0.05, 0.1) is 32.3 Å². The summed E-state index contributed by atoms with van der Waals surface area (Å²) < 4.78 is 38.3. The predicted molar refractivity (Wildman–Crippen MR) is 112 cm³/mol. The van der Waals surface area contributed by atoms with Gasteiger partial charge in [-0.1, -0.05) is 18.5 Å². The van der Waals surface area contributed by atoms with Gasteiger partial charge in [0, 0.05) is 11.3 Å². The number of hydrogen-bond acceptors (Lipinski definition) is 5. The number of hydrogen-bond donors (Lipinski definition) is 2. The van der Waals surface area contributed by atoms with Crippen molar-refractivity contribution in [1.29, 1.82) is 0 Å². The molecule has 2 N–H and O–H groups in total. The number of thioether (sulfide) groups is 1. The van der Waals surface area contributed by atoms with Crippen LogP contribution in [-0.4, -0.2) is 31.2 Å². The second kappa shape index (κ2) is 8.73. The molecule has 0 radical (unpaired) electrons. The van der Waals surface area contributed by atoms with Crippen molar-refractivity contribution in [2.24, 2.45) is 0 Å². The zero-order chi connectivity index (χ0) is 21.2. The molecule has 1 aliphatic rings. The first-order chi connectivity index (χ1) is 13.7. The van der Waals surface area contributed by atoms with Crippen molar-refractivity contribution in [3.8, 4) is 0 Å². The van der Waals surface area contributed by atoms with Crippen LogP contribution >= 0.6 is 23.4 Å². The summed E-state index contributed by atoms with van der Waals surface area (Å²) >= 11 is 7.25. The van der Waals surface area contributed by atoms with Gasteiger partial charge in [-0.2, -0.15) is 0 Å². The number of amides is 2. The van der Waals surface area contributed by atoms with Gasteiger partial charge in [0.1, 0.15) is 5.82 Å². The Morgan fingerprint density at radius 3 is 2.72 bits per heavy atom. The monoisotopic (exact) mass is 456 g/mol. The Morgan fingerprint density at radius 2 is 2.03 bits per heavy atom. The van der Waals surface area contributed by atoms with Crippen LogP contribution in [0.15, 0.2) is 46.2 Å². The first kappa shape index (κ1) is 21.6. The van der Waals surface area contributed by atoms with Crippen molar-refractivity contribution >= 4 is 56.4 Å². The van der Waals surface area contributed by atoms with Crippen LogP contribution < -0.4 is 10.6 Å². The molecule has 0 saturated carbocycles. The molecule has 2 aromatic carbocycles. The normalized spacial score (nSPS) is 16.1. The lowest BCUT2D eigenvalue weighted by Crippen LogP contribution is -2.28. The maximum atomic E-state index is 13.1. The van der Waals surface area contributed by atoms with E-state index in [1.165, 1.54) is 30.0 Å². The number of nitrogens with one attached hydrogen (secondary N) is 2. The van der Waals surface area contributed by atoms with E-state index in [1.807, 2.05) is 6.92 Å². The van der Waals surface area contributed by atoms with Gasteiger partial charge in [-0.3, -0.25) is 9.59 Å². The first-order valence-corrected chi connectivity index (χ1v) is 11.7.